The molecule has 6 heteroatoms. The number of aromatic nitrogens is 1. The van der Waals surface area contributed by atoms with E-state index in [0.717, 1.165) is 23.9 Å². The zero-order valence-corrected chi connectivity index (χ0v) is 13.1. The third-order valence-electron chi connectivity index (χ3n) is 4.12. The van der Waals surface area contributed by atoms with Crippen molar-refractivity contribution in [3.05, 3.63) is 45.5 Å². The maximum atomic E-state index is 13.8. The molecule has 2 heterocycles. The van der Waals surface area contributed by atoms with Crippen molar-refractivity contribution in [2.45, 2.75) is 25.8 Å². The Bertz CT molecular complexity index is 816. The third-order valence-corrected chi connectivity index (χ3v) is 4.34. The minimum Gasteiger partial charge on any atom is -0.351 e. The van der Waals surface area contributed by atoms with Crippen LogP contribution in [-0.4, -0.2) is 22.8 Å². The first-order chi connectivity index (χ1) is 10.5. The second kappa shape index (κ2) is 5.76. The van der Waals surface area contributed by atoms with E-state index in [1.807, 2.05) is 11.5 Å². The van der Waals surface area contributed by atoms with Crippen molar-refractivity contribution in [2.75, 3.05) is 12.3 Å². The van der Waals surface area contributed by atoms with Gasteiger partial charge in [0, 0.05) is 29.9 Å². The first-order valence-corrected chi connectivity index (χ1v) is 7.92. The standard InChI is InChI=1S/C16H17FN2O2S/c1-9-2-3-10-6-11(17)7-12-14(10)19(9)8-13(15(12)20)16(21)18-4-5-22/h6-9,22H,2-5H2,1H3,(H,18,21). The van der Waals surface area contributed by atoms with Crippen LogP contribution in [0, 0.1) is 5.82 Å². The zero-order chi connectivity index (χ0) is 15.9. The van der Waals surface area contributed by atoms with Gasteiger partial charge in [0.15, 0.2) is 0 Å². The molecule has 1 unspecified atom stereocenters. The number of benzene rings is 1. The summed E-state index contributed by atoms with van der Waals surface area (Å²) in [4.78, 5) is 24.8. The summed E-state index contributed by atoms with van der Waals surface area (Å²) in [5, 5.41) is 2.92. The number of amides is 1. The van der Waals surface area contributed by atoms with Crippen LogP contribution in [-0.2, 0) is 6.42 Å². The van der Waals surface area contributed by atoms with Gasteiger partial charge in [0.1, 0.15) is 11.4 Å². The van der Waals surface area contributed by atoms with Crippen molar-refractivity contribution in [3.63, 3.8) is 0 Å². The lowest BCUT2D eigenvalue weighted by Crippen LogP contribution is -2.32. The molecule has 0 saturated heterocycles. The number of aryl methyl sites for hydroxylation is 1. The van der Waals surface area contributed by atoms with Gasteiger partial charge in [-0.15, -0.1) is 0 Å². The van der Waals surface area contributed by atoms with Crippen LogP contribution >= 0.6 is 12.6 Å². The average molecular weight is 320 g/mol. The van der Waals surface area contributed by atoms with E-state index in [1.165, 1.54) is 12.1 Å². The Morgan fingerprint density at radius 2 is 2.27 bits per heavy atom. The van der Waals surface area contributed by atoms with Gasteiger partial charge >= 0.3 is 0 Å². The maximum Gasteiger partial charge on any atom is 0.256 e. The molecule has 1 aliphatic rings. The summed E-state index contributed by atoms with van der Waals surface area (Å²) in [6.45, 7) is 2.41. The first kappa shape index (κ1) is 15.1. The molecule has 3 rings (SSSR count). The Morgan fingerprint density at radius 3 is 3.00 bits per heavy atom. The van der Waals surface area contributed by atoms with E-state index in [0.29, 0.717) is 12.3 Å². The molecule has 4 nitrogen and oxygen atoms in total. The van der Waals surface area contributed by atoms with Crippen molar-refractivity contribution in [2.24, 2.45) is 0 Å². The summed E-state index contributed by atoms with van der Waals surface area (Å²) in [5.74, 6) is -0.384. The van der Waals surface area contributed by atoms with E-state index in [1.54, 1.807) is 6.20 Å². The summed E-state index contributed by atoms with van der Waals surface area (Å²) in [5.41, 5.74) is 1.21. The molecule has 116 valence electrons. The van der Waals surface area contributed by atoms with E-state index in [-0.39, 0.29) is 17.0 Å². The number of pyridine rings is 1. The van der Waals surface area contributed by atoms with Crippen LogP contribution in [0.4, 0.5) is 4.39 Å². The summed E-state index contributed by atoms with van der Waals surface area (Å²) in [6, 6.07) is 2.87. The van der Waals surface area contributed by atoms with Crippen LogP contribution in [0.25, 0.3) is 10.9 Å². The van der Waals surface area contributed by atoms with Crippen LogP contribution in [0.3, 0.4) is 0 Å². The van der Waals surface area contributed by atoms with Gasteiger partial charge in [-0.05, 0) is 37.5 Å². The second-order valence-corrected chi connectivity index (χ2v) is 6.05. The Morgan fingerprint density at radius 1 is 1.50 bits per heavy atom. The number of carbonyl (C=O) groups excluding carboxylic acids is 1. The van der Waals surface area contributed by atoms with E-state index in [9.17, 15) is 14.0 Å². The molecule has 1 atom stereocenters. The number of hydrogen-bond donors (Lipinski definition) is 2. The molecule has 0 aliphatic carbocycles. The number of halogens is 1. The zero-order valence-electron chi connectivity index (χ0n) is 12.2. The topological polar surface area (TPSA) is 51.1 Å². The molecule has 0 spiro atoms. The molecule has 1 aromatic carbocycles. The predicted octanol–water partition coefficient (Wildman–Crippen LogP) is 2.31. The Kier molecular flexibility index (Phi) is 3.95. The lowest BCUT2D eigenvalue weighted by Gasteiger charge is -2.26. The SMILES string of the molecule is CC1CCc2cc(F)cc3c(=O)c(C(=O)NCCS)cn1c23. The number of hydrogen-bond acceptors (Lipinski definition) is 3. The minimum absolute atomic E-state index is 0.0552. The molecular formula is C16H17FN2O2S. The summed E-state index contributed by atoms with van der Waals surface area (Å²) >= 11 is 4.03. The fraction of sp³-hybridized carbons (Fsp3) is 0.375. The number of thiol groups is 1. The van der Waals surface area contributed by atoms with E-state index >= 15 is 0 Å². The lowest BCUT2D eigenvalue weighted by atomic mass is 9.96. The number of nitrogens with one attached hydrogen (secondary N) is 1. The van der Waals surface area contributed by atoms with Crippen LogP contribution in [0.1, 0.15) is 35.3 Å². The molecule has 0 radical (unpaired) electrons. The fourth-order valence-electron chi connectivity index (χ4n) is 3.01. The normalized spacial score (nSPS) is 16.8. The molecular weight excluding hydrogens is 303 g/mol. The van der Waals surface area contributed by atoms with E-state index in [2.05, 4.69) is 17.9 Å². The molecule has 2 aromatic rings. The molecule has 1 aliphatic heterocycles. The fourth-order valence-corrected chi connectivity index (χ4v) is 3.12. The summed E-state index contributed by atoms with van der Waals surface area (Å²) < 4.78 is 15.7. The van der Waals surface area contributed by atoms with Gasteiger partial charge in [0.05, 0.1) is 5.52 Å². The van der Waals surface area contributed by atoms with Gasteiger partial charge in [-0.3, -0.25) is 9.59 Å². The van der Waals surface area contributed by atoms with Gasteiger partial charge in [-0.25, -0.2) is 4.39 Å². The minimum atomic E-state index is -0.437. The quantitative estimate of drug-likeness (QED) is 0.853. The molecule has 0 saturated carbocycles. The van der Waals surface area contributed by atoms with Crippen molar-refractivity contribution in [1.29, 1.82) is 0 Å². The first-order valence-electron chi connectivity index (χ1n) is 7.29. The smallest absolute Gasteiger partial charge is 0.256 e. The van der Waals surface area contributed by atoms with Crippen molar-refractivity contribution in [3.8, 4) is 0 Å². The highest BCUT2D eigenvalue weighted by Gasteiger charge is 2.23. The number of carbonyl (C=O) groups is 1. The van der Waals surface area contributed by atoms with Gasteiger partial charge in [-0.1, -0.05) is 0 Å². The predicted molar refractivity (Wildman–Crippen MR) is 87.4 cm³/mol. The molecule has 1 N–H and O–H groups in total. The highest BCUT2D eigenvalue weighted by atomic mass is 32.1. The molecule has 22 heavy (non-hydrogen) atoms. The average Bonchev–Trinajstić information content (AvgIpc) is 2.50. The third kappa shape index (κ3) is 2.41. The molecule has 1 amide bonds. The van der Waals surface area contributed by atoms with Crippen LogP contribution < -0.4 is 10.7 Å². The monoisotopic (exact) mass is 320 g/mol. The molecule has 0 fully saturated rings. The highest BCUT2D eigenvalue weighted by molar-refractivity contribution is 7.80. The van der Waals surface area contributed by atoms with Crippen LogP contribution in [0.2, 0.25) is 0 Å². The van der Waals surface area contributed by atoms with Crippen molar-refractivity contribution in [1.82, 2.24) is 9.88 Å². The largest absolute Gasteiger partial charge is 0.351 e. The summed E-state index contributed by atoms with van der Waals surface area (Å²) in [7, 11) is 0. The Hall–Kier alpha value is -1.82. The van der Waals surface area contributed by atoms with Gasteiger partial charge in [-0.2, -0.15) is 12.6 Å². The van der Waals surface area contributed by atoms with Crippen molar-refractivity contribution >= 4 is 29.4 Å². The summed E-state index contributed by atoms with van der Waals surface area (Å²) in [6.07, 6.45) is 3.19. The van der Waals surface area contributed by atoms with Gasteiger partial charge in [0.25, 0.3) is 5.91 Å². The molecule has 0 bridgehead atoms. The van der Waals surface area contributed by atoms with E-state index in [4.69, 9.17) is 0 Å². The van der Waals surface area contributed by atoms with Crippen molar-refractivity contribution < 1.29 is 9.18 Å². The lowest BCUT2D eigenvalue weighted by molar-refractivity contribution is 0.0954. The second-order valence-electron chi connectivity index (χ2n) is 5.61. The number of rotatable bonds is 3. The van der Waals surface area contributed by atoms with Gasteiger partial charge in [0.2, 0.25) is 5.43 Å². The Balaban J connectivity index is 2.27. The van der Waals surface area contributed by atoms with Crippen LogP contribution in [0.5, 0.6) is 0 Å². The van der Waals surface area contributed by atoms with E-state index < -0.39 is 17.2 Å². The maximum absolute atomic E-state index is 13.8. The Labute approximate surface area is 132 Å². The van der Waals surface area contributed by atoms with Crippen LogP contribution in [0.15, 0.2) is 23.1 Å². The molecule has 1 aromatic heterocycles. The van der Waals surface area contributed by atoms with Gasteiger partial charge < -0.3 is 9.88 Å². The highest BCUT2D eigenvalue weighted by Crippen LogP contribution is 2.30. The number of nitrogens with zero attached hydrogens (tertiary/aromatic N) is 1.